The van der Waals surface area contributed by atoms with Crippen LogP contribution in [0.3, 0.4) is 0 Å². The number of aryl methyl sites for hydroxylation is 1. The summed E-state index contributed by atoms with van der Waals surface area (Å²) in [4.78, 5) is 24.9. The Bertz CT molecular complexity index is 775. The van der Waals surface area contributed by atoms with Crippen LogP contribution < -0.4 is 0 Å². The van der Waals surface area contributed by atoms with Crippen LogP contribution in [0.2, 0.25) is 0 Å². The number of allylic oxidation sites excluding steroid dienone is 4. The number of Topliss-reactive ketones (excluding diaryl/α,β-unsaturated/α-hetero) is 2. The Kier molecular flexibility index (Phi) is 4.23. The first-order valence-electron chi connectivity index (χ1n) is 9.59. The molecule has 2 unspecified atom stereocenters. The second kappa shape index (κ2) is 6.40. The van der Waals surface area contributed by atoms with Crippen molar-refractivity contribution in [3.63, 3.8) is 0 Å². The van der Waals surface area contributed by atoms with Gasteiger partial charge in [-0.2, -0.15) is 0 Å². The van der Waals surface area contributed by atoms with Gasteiger partial charge in [-0.1, -0.05) is 67.7 Å². The molecule has 130 valence electrons. The van der Waals surface area contributed by atoms with E-state index in [0.29, 0.717) is 0 Å². The molecule has 0 amide bonds. The summed E-state index contributed by atoms with van der Waals surface area (Å²) in [6.07, 6.45) is 8.23. The SMILES string of the molecule is Cc1ccc(CC2C(CC3CCC3)=CC3=C2C(=O)CC(=O)C3C)cc1. The van der Waals surface area contributed by atoms with Crippen molar-refractivity contribution >= 4 is 11.6 Å². The number of hydrogen-bond donors (Lipinski definition) is 0. The predicted molar refractivity (Wildman–Crippen MR) is 99.2 cm³/mol. The van der Waals surface area contributed by atoms with Gasteiger partial charge < -0.3 is 0 Å². The summed E-state index contributed by atoms with van der Waals surface area (Å²) >= 11 is 0. The van der Waals surface area contributed by atoms with Crippen LogP contribution in [0.15, 0.2) is 47.1 Å². The first-order chi connectivity index (χ1) is 12.0. The minimum Gasteiger partial charge on any atom is -0.299 e. The molecule has 2 nitrogen and oxygen atoms in total. The number of benzene rings is 1. The normalized spacial score (nSPS) is 26.6. The van der Waals surface area contributed by atoms with Gasteiger partial charge in [-0.15, -0.1) is 0 Å². The zero-order valence-electron chi connectivity index (χ0n) is 15.2. The Morgan fingerprint density at radius 1 is 1.04 bits per heavy atom. The zero-order valence-corrected chi connectivity index (χ0v) is 15.2. The topological polar surface area (TPSA) is 34.1 Å². The summed E-state index contributed by atoms with van der Waals surface area (Å²) in [5.41, 5.74) is 5.90. The Morgan fingerprint density at radius 2 is 1.76 bits per heavy atom. The van der Waals surface area contributed by atoms with E-state index in [2.05, 4.69) is 37.3 Å². The minimum atomic E-state index is -0.118. The van der Waals surface area contributed by atoms with Crippen LogP contribution in [0.1, 0.15) is 50.2 Å². The second-order valence-corrected chi connectivity index (χ2v) is 8.12. The summed E-state index contributed by atoms with van der Waals surface area (Å²) in [5.74, 6) is 0.983. The average Bonchev–Trinajstić information content (AvgIpc) is 2.90. The van der Waals surface area contributed by atoms with Crippen molar-refractivity contribution in [2.24, 2.45) is 17.8 Å². The molecular weight excluding hydrogens is 308 g/mol. The van der Waals surface area contributed by atoms with Crippen molar-refractivity contribution in [3.8, 4) is 0 Å². The summed E-state index contributed by atoms with van der Waals surface area (Å²) in [6.45, 7) is 4.07. The lowest BCUT2D eigenvalue weighted by Crippen LogP contribution is -2.28. The third-order valence-electron chi connectivity index (χ3n) is 6.34. The van der Waals surface area contributed by atoms with Crippen molar-refractivity contribution < 1.29 is 9.59 Å². The summed E-state index contributed by atoms with van der Waals surface area (Å²) < 4.78 is 0. The third-order valence-corrected chi connectivity index (χ3v) is 6.34. The molecule has 0 spiro atoms. The number of rotatable bonds is 4. The van der Waals surface area contributed by atoms with Crippen LogP contribution in [-0.4, -0.2) is 11.6 Å². The van der Waals surface area contributed by atoms with E-state index in [0.717, 1.165) is 29.9 Å². The predicted octanol–water partition coefficient (Wildman–Crippen LogP) is 4.76. The van der Waals surface area contributed by atoms with Gasteiger partial charge in [0.05, 0.1) is 6.42 Å². The maximum Gasteiger partial charge on any atom is 0.167 e. The van der Waals surface area contributed by atoms with Gasteiger partial charge >= 0.3 is 0 Å². The number of carbonyl (C=O) groups is 2. The van der Waals surface area contributed by atoms with Crippen molar-refractivity contribution in [1.29, 1.82) is 0 Å². The molecule has 0 aliphatic heterocycles. The summed E-state index contributed by atoms with van der Waals surface area (Å²) in [7, 11) is 0. The molecule has 0 heterocycles. The Hall–Kier alpha value is -1.96. The fourth-order valence-corrected chi connectivity index (χ4v) is 4.48. The lowest BCUT2D eigenvalue weighted by Gasteiger charge is -2.29. The van der Waals surface area contributed by atoms with Gasteiger partial charge in [0.1, 0.15) is 5.78 Å². The van der Waals surface area contributed by atoms with Crippen LogP contribution in [0.4, 0.5) is 0 Å². The standard InChI is InChI=1S/C23H26O2/c1-14-6-8-17(9-7-14)11-20-18(10-16-4-3-5-16)12-19-15(2)21(24)13-22(25)23(19)20/h6-9,12,15-16,20H,3-5,10-11,13H2,1-2H3. The first-order valence-corrected chi connectivity index (χ1v) is 9.59. The Balaban J connectivity index is 1.67. The molecule has 0 N–H and O–H groups in total. The monoisotopic (exact) mass is 334 g/mol. The van der Waals surface area contributed by atoms with Gasteiger partial charge in [0.2, 0.25) is 0 Å². The molecular formula is C23H26O2. The lowest BCUT2D eigenvalue weighted by atomic mass is 9.75. The molecule has 4 rings (SSSR count). The third kappa shape index (κ3) is 3.03. The smallest absolute Gasteiger partial charge is 0.167 e. The minimum absolute atomic E-state index is 0.0649. The van der Waals surface area contributed by atoms with Crippen LogP contribution >= 0.6 is 0 Å². The molecule has 2 heteroatoms. The molecule has 0 bridgehead atoms. The van der Waals surface area contributed by atoms with Crippen LogP contribution in [-0.2, 0) is 16.0 Å². The zero-order chi connectivity index (χ0) is 17.6. The summed E-state index contributed by atoms with van der Waals surface area (Å²) in [6, 6.07) is 8.64. The van der Waals surface area contributed by atoms with E-state index in [9.17, 15) is 9.59 Å². The highest BCUT2D eigenvalue weighted by molar-refractivity contribution is 6.14. The fourth-order valence-electron chi connectivity index (χ4n) is 4.48. The Morgan fingerprint density at radius 3 is 2.40 bits per heavy atom. The number of ketones is 2. The van der Waals surface area contributed by atoms with Gasteiger partial charge in [0.25, 0.3) is 0 Å². The van der Waals surface area contributed by atoms with E-state index in [-0.39, 0.29) is 29.8 Å². The van der Waals surface area contributed by atoms with Gasteiger partial charge in [0.15, 0.2) is 5.78 Å². The molecule has 3 aliphatic rings. The summed E-state index contributed by atoms with van der Waals surface area (Å²) in [5, 5.41) is 0. The Labute approximate surface area is 150 Å². The fraction of sp³-hybridized carbons (Fsp3) is 0.478. The van der Waals surface area contributed by atoms with Crippen LogP contribution in [0.5, 0.6) is 0 Å². The quantitative estimate of drug-likeness (QED) is 0.744. The maximum absolute atomic E-state index is 12.7. The highest BCUT2D eigenvalue weighted by Gasteiger charge is 2.40. The highest BCUT2D eigenvalue weighted by atomic mass is 16.1. The molecule has 1 saturated carbocycles. The molecule has 3 aliphatic carbocycles. The molecule has 25 heavy (non-hydrogen) atoms. The van der Waals surface area contributed by atoms with Crippen LogP contribution in [0, 0.1) is 24.7 Å². The van der Waals surface area contributed by atoms with Crippen LogP contribution in [0.25, 0.3) is 0 Å². The lowest BCUT2D eigenvalue weighted by molar-refractivity contribution is -0.127. The highest BCUT2D eigenvalue weighted by Crippen LogP contribution is 2.45. The van der Waals surface area contributed by atoms with Crippen molar-refractivity contribution in [1.82, 2.24) is 0 Å². The molecule has 1 aromatic rings. The van der Waals surface area contributed by atoms with Gasteiger partial charge in [-0.25, -0.2) is 0 Å². The second-order valence-electron chi connectivity index (χ2n) is 8.12. The van der Waals surface area contributed by atoms with E-state index >= 15 is 0 Å². The number of carbonyl (C=O) groups excluding carboxylic acids is 2. The molecule has 0 aromatic heterocycles. The van der Waals surface area contributed by atoms with Crippen molar-refractivity contribution in [3.05, 3.63) is 58.2 Å². The largest absolute Gasteiger partial charge is 0.299 e. The van der Waals surface area contributed by atoms with E-state index in [1.165, 1.54) is 36.0 Å². The molecule has 1 fully saturated rings. The first kappa shape index (κ1) is 16.5. The van der Waals surface area contributed by atoms with Gasteiger partial charge in [0, 0.05) is 17.4 Å². The molecule has 2 atom stereocenters. The van der Waals surface area contributed by atoms with Crippen molar-refractivity contribution in [2.75, 3.05) is 0 Å². The van der Waals surface area contributed by atoms with E-state index < -0.39 is 0 Å². The molecule has 0 saturated heterocycles. The van der Waals surface area contributed by atoms with Gasteiger partial charge in [-0.3, -0.25) is 9.59 Å². The maximum atomic E-state index is 12.7. The molecule has 0 radical (unpaired) electrons. The van der Waals surface area contributed by atoms with Crippen molar-refractivity contribution in [2.45, 2.75) is 52.4 Å². The average molecular weight is 334 g/mol. The van der Waals surface area contributed by atoms with E-state index in [4.69, 9.17) is 0 Å². The van der Waals surface area contributed by atoms with E-state index in [1.54, 1.807) is 0 Å². The number of hydrogen-bond acceptors (Lipinski definition) is 2. The van der Waals surface area contributed by atoms with Gasteiger partial charge in [-0.05, 0) is 36.8 Å². The van der Waals surface area contributed by atoms with E-state index in [1.807, 2.05) is 6.92 Å². The molecule has 1 aromatic carbocycles.